The summed E-state index contributed by atoms with van der Waals surface area (Å²) >= 11 is 0. The van der Waals surface area contributed by atoms with E-state index in [4.69, 9.17) is 10.00 Å². The molecule has 0 atom stereocenters. The number of hydrogen-bond acceptors (Lipinski definition) is 2. The van der Waals surface area contributed by atoms with E-state index in [1.54, 1.807) is 13.2 Å². The van der Waals surface area contributed by atoms with Crippen LogP contribution in [0.15, 0.2) is 42.5 Å². The van der Waals surface area contributed by atoms with Gasteiger partial charge in [-0.15, -0.1) is 0 Å². The van der Waals surface area contributed by atoms with Crippen molar-refractivity contribution in [2.24, 2.45) is 0 Å². The van der Waals surface area contributed by atoms with Gasteiger partial charge in [-0.05, 0) is 36.2 Å². The first-order valence-electron chi connectivity index (χ1n) is 5.40. The third kappa shape index (κ3) is 2.14. The Morgan fingerprint density at radius 2 is 1.82 bits per heavy atom. The fourth-order valence-electron chi connectivity index (χ4n) is 1.86. The summed E-state index contributed by atoms with van der Waals surface area (Å²) in [6, 6.07) is 15.7. The van der Waals surface area contributed by atoms with Crippen molar-refractivity contribution in [3.8, 4) is 22.9 Å². The van der Waals surface area contributed by atoms with Gasteiger partial charge in [0.1, 0.15) is 5.75 Å². The molecule has 0 N–H and O–H groups in total. The van der Waals surface area contributed by atoms with Crippen LogP contribution in [0.5, 0.6) is 5.75 Å². The Morgan fingerprint density at radius 1 is 1.06 bits per heavy atom. The minimum atomic E-state index is 0.610. The van der Waals surface area contributed by atoms with E-state index >= 15 is 0 Å². The molecule has 2 nitrogen and oxygen atoms in total. The highest BCUT2D eigenvalue weighted by Crippen LogP contribution is 2.32. The normalized spacial score (nSPS) is 9.71. The molecule has 0 fully saturated rings. The van der Waals surface area contributed by atoms with Crippen molar-refractivity contribution in [2.45, 2.75) is 6.92 Å². The molecule has 0 heterocycles. The summed E-state index contributed by atoms with van der Waals surface area (Å²) in [5.74, 6) is 0.735. The van der Waals surface area contributed by atoms with Gasteiger partial charge in [-0.25, -0.2) is 0 Å². The molecular formula is C15H13NO. The van der Waals surface area contributed by atoms with Gasteiger partial charge in [-0.1, -0.05) is 24.3 Å². The summed E-state index contributed by atoms with van der Waals surface area (Å²) in [7, 11) is 1.62. The zero-order chi connectivity index (χ0) is 12.3. The van der Waals surface area contributed by atoms with Crippen molar-refractivity contribution in [2.75, 3.05) is 7.11 Å². The van der Waals surface area contributed by atoms with Gasteiger partial charge < -0.3 is 4.74 Å². The second kappa shape index (κ2) is 4.71. The Hall–Kier alpha value is -2.27. The van der Waals surface area contributed by atoms with Crippen LogP contribution in [0, 0.1) is 18.3 Å². The molecule has 2 heteroatoms. The van der Waals surface area contributed by atoms with Gasteiger partial charge in [-0.3, -0.25) is 0 Å². The molecule has 84 valence electrons. The average Bonchev–Trinajstić information content (AvgIpc) is 2.38. The van der Waals surface area contributed by atoms with Gasteiger partial charge in [0.2, 0.25) is 0 Å². The molecule has 0 unspecified atom stereocenters. The lowest BCUT2D eigenvalue weighted by atomic mass is 9.99. The number of rotatable bonds is 2. The maximum atomic E-state index is 8.87. The second-order valence-corrected chi connectivity index (χ2v) is 3.84. The minimum Gasteiger partial charge on any atom is -0.496 e. The number of ether oxygens (including phenoxy) is 1. The van der Waals surface area contributed by atoms with Gasteiger partial charge in [0, 0.05) is 5.56 Å². The molecule has 0 aliphatic carbocycles. The number of hydrogen-bond donors (Lipinski definition) is 0. The van der Waals surface area contributed by atoms with E-state index in [2.05, 4.69) is 25.1 Å². The van der Waals surface area contributed by atoms with Crippen LogP contribution < -0.4 is 4.74 Å². The van der Waals surface area contributed by atoms with Gasteiger partial charge in [0.25, 0.3) is 0 Å². The maximum absolute atomic E-state index is 8.87. The van der Waals surface area contributed by atoms with Crippen LogP contribution in [0.4, 0.5) is 0 Å². The number of aryl methyl sites for hydroxylation is 1. The molecular weight excluding hydrogens is 210 g/mol. The summed E-state index contributed by atoms with van der Waals surface area (Å²) in [5.41, 5.74) is 3.95. The van der Waals surface area contributed by atoms with Crippen molar-refractivity contribution in [3.63, 3.8) is 0 Å². The van der Waals surface area contributed by atoms with E-state index in [0.29, 0.717) is 5.56 Å². The van der Waals surface area contributed by atoms with Crippen molar-refractivity contribution in [3.05, 3.63) is 53.6 Å². The quantitative estimate of drug-likeness (QED) is 0.780. The fourth-order valence-corrected chi connectivity index (χ4v) is 1.86. The monoisotopic (exact) mass is 223 g/mol. The van der Waals surface area contributed by atoms with E-state index in [1.165, 1.54) is 5.56 Å². The maximum Gasteiger partial charge on any atom is 0.128 e. The predicted molar refractivity (Wildman–Crippen MR) is 67.9 cm³/mol. The molecule has 0 saturated heterocycles. The molecule has 0 saturated carbocycles. The zero-order valence-electron chi connectivity index (χ0n) is 9.90. The Labute approximate surface area is 101 Å². The molecule has 0 amide bonds. The Balaban J connectivity index is 2.61. The summed E-state index contributed by atoms with van der Waals surface area (Å²) in [6.07, 6.45) is 0. The van der Waals surface area contributed by atoms with Crippen molar-refractivity contribution in [1.82, 2.24) is 0 Å². The highest BCUT2D eigenvalue weighted by Gasteiger charge is 2.08. The van der Waals surface area contributed by atoms with Crippen LogP contribution in [0.1, 0.15) is 11.1 Å². The predicted octanol–water partition coefficient (Wildman–Crippen LogP) is 3.54. The highest BCUT2D eigenvalue weighted by atomic mass is 16.5. The van der Waals surface area contributed by atoms with E-state index in [1.807, 2.05) is 24.3 Å². The van der Waals surface area contributed by atoms with Crippen LogP contribution in [0.25, 0.3) is 11.1 Å². The first kappa shape index (κ1) is 11.2. The zero-order valence-corrected chi connectivity index (χ0v) is 9.90. The first-order chi connectivity index (χ1) is 8.26. The SMILES string of the molecule is COc1cc(C#N)ccc1-c1ccccc1C. The molecule has 0 spiro atoms. The molecule has 0 bridgehead atoms. The topological polar surface area (TPSA) is 33.0 Å². The number of methoxy groups -OCH3 is 1. The molecule has 2 aromatic carbocycles. The molecule has 2 aromatic rings. The summed E-state index contributed by atoms with van der Waals surface area (Å²) < 4.78 is 5.35. The van der Waals surface area contributed by atoms with Crippen LogP contribution in [-0.2, 0) is 0 Å². The number of benzene rings is 2. The molecule has 17 heavy (non-hydrogen) atoms. The summed E-state index contributed by atoms with van der Waals surface area (Å²) in [4.78, 5) is 0. The standard InChI is InChI=1S/C15H13NO/c1-11-5-3-4-6-13(11)14-8-7-12(10-16)9-15(14)17-2/h3-9H,1-2H3. The highest BCUT2D eigenvalue weighted by molar-refractivity contribution is 5.74. The third-order valence-electron chi connectivity index (χ3n) is 2.77. The largest absolute Gasteiger partial charge is 0.496 e. The van der Waals surface area contributed by atoms with E-state index < -0.39 is 0 Å². The van der Waals surface area contributed by atoms with Gasteiger partial charge in [0.05, 0.1) is 18.7 Å². The molecule has 0 radical (unpaired) electrons. The average molecular weight is 223 g/mol. The Kier molecular flexibility index (Phi) is 3.11. The minimum absolute atomic E-state index is 0.610. The lowest BCUT2D eigenvalue weighted by molar-refractivity contribution is 0.416. The number of nitrogens with zero attached hydrogens (tertiary/aromatic N) is 1. The second-order valence-electron chi connectivity index (χ2n) is 3.84. The summed E-state index contributed by atoms with van der Waals surface area (Å²) in [5, 5.41) is 8.87. The number of nitriles is 1. The third-order valence-corrected chi connectivity index (χ3v) is 2.77. The summed E-state index contributed by atoms with van der Waals surface area (Å²) in [6.45, 7) is 2.06. The van der Waals surface area contributed by atoms with Crippen LogP contribution in [-0.4, -0.2) is 7.11 Å². The molecule has 2 rings (SSSR count). The van der Waals surface area contributed by atoms with Crippen molar-refractivity contribution in [1.29, 1.82) is 5.26 Å². The van der Waals surface area contributed by atoms with Gasteiger partial charge >= 0.3 is 0 Å². The lowest BCUT2D eigenvalue weighted by Crippen LogP contribution is -1.90. The van der Waals surface area contributed by atoms with Crippen molar-refractivity contribution >= 4 is 0 Å². The molecule has 0 aliphatic heterocycles. The first-order valence-corrected chi connectivity index (χ1v) is 5.40. The molecule has 0 aliphatic rings. The van der Waals surface area contributed by atoms with Crippen LogP contribution in [0.2, 0.25) is 0 Å². The van der Waals surface area contributed by atoms with Gasteiger partial charge in [-0.2, -0.15) is 5.26 Å². The fraction of sp³-hybridized carbons (Fsp3) is 0.133. The van der Waals surface area contributed by atoms with E-state index in [0.717, 1.165) is 16.9 Å². The van der Waals surface area contributed by atoms with Crippen molar-refractivity contribution < 1.29 is 4.74 Å². The Morgan fingerprint density at radius 3 is 2.47 bits per heavy atom. The lowest BCUT2D eigenvalue weighted by Gasteiger charge is -2.11. The van der Waals surface area contributed by atoms with E-state index in [-0.39, 0.29) is 0 Å². The van der Waals surface area contributed by atoms with Crippen LogP contribution >= 0.6 is 0 Å². The Bertz CT molecular complexity index is 582. The molecule has 0 aromatic heterocycles. The van der Waals surface area contributed by atoms with E-state index in [9.17, 15) is 0 Å². The smallest absolute Gasteiger partial charge is 0.128 e. The van der Waals surface area contributed by atoms with Crippen LogP contribution in [0.3, 0.4) is 0 Å². The van der Waals surface area contributed by atoms with Gasteiger partial charge in [0.15, 0.2) is 0 Å².